The van der Waals surface area contributed by atoms with E-state index in [9.17, 15) is 18.0 Å². The largest absolute Gasteiger partial charge is 0.343 e. The van der Waals surface area contributed by atoms with Gasteiger partial charge in [0.25, 0.3) is 0 Å². The topological polar surface area (TPSA) is 114 Å². The van der Waals surface area contributed by atoms with Crippen molar-refractivity contribution in [3.8, 4) is 0 Å². The van der Waals surface area contributed by atoms with E-state index in [-0.39, 0.29) is 11.5 Å². The first kappa shape index (κ1) is 21.8. The maximum Gasteiger partial charge on any atom is 0.343 e. The SMILES string of the molecule is C[C@H](Sc1n[nH]c(=O)n1CCc1ccccc1)C(=O)c1ccc(NS(C)(=O)=O)cc1. The second kappa shape index (κ2) is 9.31. The number of carbonyl (C=O) groups excluding carboxylic acids is 1. The third-order valence-electron chi connectivity index (χ3n) is 4.31. The van der Waals surface area contributed by atoms with E-state index in [1.54, 1.807) is 19.1 Å². The minimum atomic E-state index is -3.38. The van der Waals surface area contributed by atoms with Gasteiger partial charge in [0.15, 0.2) is 10.9 Å². The van der Waals surface area contributed by atoms with Crippen LogP contribution in [0.2, 0.25) is 0 Å². The van der Waals surface area contributed by atoms with E-state index in [0.717, 1.165) is 11.8 Å². The molecule has 0 spiro atoms. The number of aromatic nitrogens is 3. The molecule has 2 N–H and O–H groups in total. The van der Waals surface area contributed by atoms with Crippen LogP contribution in [0.3, 0.4) is 0 Å². The average Bonchev–Trinajstić information content (AvgIpc) is 3.05. The molecule has 1 atom stereocenters. The zero-order valence-corrected chi connectivity index (χ0v) is 18.2. The van der Waals surface area contributed by atoms with Crippen LogP contribution in [0.15, 0.2) is 64.5 Å². The molecule has 3 aromatic rings. The molecule has 0 unspecified atom stereocenters. The number of ketones is 1. The number of anilines is 1. The van der Waals surface area contributed by atoms with Gasteiger partial charge in [0.2, 0.25) is 10.0 Å². The van der Waals surface area contributed by atoms with Crippen molar-refractivity contribution < 1.29 is 13.2 Å². The molecular weight excluding hydrogens is 424 g/mol. The van der Waals surface area contributed by atoms with Crippen molar-refractivity contribution >= 4 is 33.3 Å². The number of sulfonamides is 1. The Balaban J connectivity index is 1.67. The van der Waals surface area contributed by atoms with Crippen LogP contribution in [0.5, 0.6) is 0 Å². The number of nitrogens with zero attached hydrogens (tertiary/aromatic N) is 2. The van der Waals surface area contributed by atoms with E-state index >= 15 is 0 Å². The second-order valence-corrected chi connectivity index (χ2v) is 9.83. The standard InChI is InChI=1S/C20H22N4O4S2/c1-14(18(25)16-8-10-17(11-9-16)23-30(2,27)28)29-20-22-21-19(26)24(20)13-12-15-6-4-3-5-7-15/h3-11,14,23H,12-13H2,1-2H3,(H,21,26)/t14-/m0/s1. The lowest BCUT2D eigenvalue weighted by atomic mass is 10.1. The molecule has 158 valence electrons. The molecule has 0 aliphatic carbocycles. The smallest absolute Gasteiger partial charge is 0.293 e. The first-order valence-electron chi connectivity index (χ1n) is 9.21. The van der Waals surface area contributed by atoms with E-state index in [1.165, 1.54) is 28.5 Å². The Bertz CT molecular complexity index is 1170. The fourth-order valence-corrected chi connectivity index (χ4v) is 4.36. The fourth-order valence-electron chi connectivity index (χ4n) is 2.84. The number of hydrogen-bond acceptors (Lipinski definition) is 6. The molecule has 0 saturated carbocycles. The van der Waals surface area contributed by atoms with E-state index in [0.29, 0.717) is 29.4 Å². The highest BCUT2D eigenvalue weighted by Gasteiger charge is 2.20. The van der Waals surface area contributed by atoms with Crippen LogP contribution >= 0.6 is 11.8 Å². The van der Waals surface area contributed by atoms with Gasteiger partial charge in [-0.1, -0.05) is 42.1 Å². The minimum absolute atomic E-state index is 0.143. The molecule has 3 rings (SSSR count). The number of carbonyl (C=O) groups is 1. The Hall–Kier alpha value is -2.85. The summed E-state index contributed by atoms with van der Waals surface area (Å²) < 4.78 is 26.5. The number of H-pyrrole nitrogens is 1. The van der Waals surface area contributed by atoms with Crippen LogP contribution in [0.25, 0.3) is 0 Å². The molecule has 0 amide bonds. The Labute approximate surface area is 178 Å². The zero-order chi connectivity index (χ0) is 21.7. The summed E-state index contributed by atoms with van der Waals surface area (Å²) in [5, 5.41) is 6.47. The molecule has 0 radical (unpaired) electrons. The number of thioether (sulfide) groups is 1. The van der Waals surface area contributed by atoms with E-state index in [4.69, 9.17) is 0 Å². The lowest BCUT2D eigenvalue weighted by Crippen LogP contribution is -2.20. The summed E-state index contributed by atoms with van der Waals surface area (Å²) in [5.74, 6) is -0.143. The Kier molecular flexibility index (Phi) is 6.78. The van der Waals surface area contributed by atoms with E-state index in [2.05, 4.69) is 14.9 Å². The highest BCUT2D eigenvalue weighted by Crippen LogP contribution is 2.24. The van der Waals surface area contributed by atoms with Crippen molar-refractivity contribution in [2.45, 2.75) is 30.3 Å². The van der Waals surface area contributed by atoms with Gasteiger partial charge in [0.1, 0.15) is 0 Å². The van der Waals surface area contributed by atoms with Gasteiger partial charge >= 0.3 is 5.69 Å². The van der Waals surface area contributed by atoms with Crippen molar-refractivity contribution in [2.24, 2.45) is 0 Å². The third kappa shape index (κ3) is 5.83. The molecule has 1 aromatic heterocycles. The molecule has 0 bridgehead atoms. The average molecular weight is 447 g/mol. The van der Waals surface area contributed by atoms with Crippen LogP contribution in [0.4, 0.5) is 5.69 Å². The number of Topliss-reactive ketones (excluding diaryl/α,β-unsaturated/α-hetero) is 1. The molecule has 8 nitrogen and oxygen atoms in total. The number of nitrogens with one attached hydrogen (secondary N) is 2. The maximum absolute atomic E-state index is 12.8. The summed E-state index contributed by atoms with van der Waals surface area (Å²) in [6.45, 7) is 2.20. The van der Waals surface area contributed by atoms with Crippen LogP contribution < -0.4 is 10.4 Å². The normalized spacial score (nSPS) is 12.5. The summed E-state index contributed by atoms with van der Waals surface area (Å²) in [5.41, 5.74) is 1.62. The Morgan fingerprint density at radius 2 is 1.83 bits per heavy atom. The van der Waals surface area contributed by atoms with E-state index < -0.39 is 15.3 Å². The summed E-state index contributed by atoms with van der Waals surface area (Å²) in [7, 11) is -3.38. The van der Waals surface area contributed by atoms with Gasteiger partial charge in [-0.2, -0.15) is 0 Å². The number of aromatic amines is 1. The lowest BCUT2D eigenvalue weighted by Gasteiger charge is -2.11. The fraction of sp³-hybridized carbons (Fsp3) is 0.250. The van der Waals surface area contributed by atoms with Crippen molar-refractivity contribution in [3.05, 3.63) is 76.2 Å². The Morgan fingerprint density at radius 1 is 1.17 bits per heavy atom. The molecule has 1 heterocycles. The van der Waals surface area contributed by atoms with Crippen molar-refractivity contribution in [1.29, 1.82) is 0 Å². The highest BCUT2D eigenvalue weighted by atomic mass is 32.2. The predicted octanol–water partition coefficient (Wildman–Crippen LogP) is 2.55. The van der Waals surface area contributed by atoms with Gasteiger partial charge in [0, 0.05) is 17.8 Å². The highest BCUT2D eigenvalue weighted by molar-refractivity contribution is 8.00. The summed E-state index contributed by atoms with van der Waals surface area (Å²) in [4.78, 5) is 24.9. The van der Waals surface area contributed by atoms with Gasteiger partial charge in [-0.05, 0) is 43.2 Å². The minimum Gasteiger partial charge on any atom is -0.293 e. The molecule has 10 heteroatoms. The summed E-state index contributed by atoms with van der Waals surface area (Å²) in [6.07, 6.45) is 1.73. The monoisotopic (exact) mass is 446 g/mol. The molecule has 2 aromatic carbocycles. The van der Waals surface area contributed by atoms with Crippen LogP contribution in [-0.2, 0) is 23.0 Å². The van der Waals surface area contributed by atoms with Crippen molar-refractivity contribution in [3.63, 3.8) is 0 Å². The first-order chi connectivity index (χ1) is 14.2. The molecule has 0 aliphatic rings. The maximum atomic E-state index is 12.8. The van der Waals surface area contributed by atoms with Gasteiger partial charge in [-0.15, -0.1) is 5.10 Å². The van der Waals surface area contributed by atoms with E-state index in [1.807, 2.05) is 30.3 Å². The number of hydrogen-bond donors (Lipinski definition) is 2. The van der Waals surface area contributed by atoms with Crippen LogP contribution in [0.1, 0.15) is 22.8 Å². The first-order valence-corrected chi connectivity index (χ1v) is 12.0. The Morgan fingerprint density at radius 3 is 2.47 bits per heavy atom. The summed E-state index contributed by atoms with van der Waals surface area (Å²) >= 11 is 1.20. The quantitative estimate of drug-likeness (QED) is 0.386. The van der Waals surface area contributed by atoms with Gasteiger partial charge in [-0.3, -0.25) is 14.1 Å². The number of aryl methyl sites for hydroxylation is 1. The zero-order valence-electron chi connectivity index (χ0n) is 16.5. The molecule has 0 aliphatic heterocycles. The number of benzene rings is 2. The van der Waals surface area contributed by atoms with Crippen molar-refractivity contribution in [2.75, 3.05) is 11.0 Å². The van der Waals surface area contributed by atoms with Crippen LogP contribution in [0, 0.1) is 0 Å². The van der Waals surface area contributed by atoms with Crippen molar-refractivity contribution in [1.82, 2.24) is 14.8 Å². The molecule has 0 saturated heterocycles. The van der Waals surface area contributed by atoms with Gasteiger partial charge in [-0.25, -0.2) is 18.3 Å². The lowest BCUT2D eigenvalue weighted by molar-refractivity contribution is 0.0994. The second-order valence-electron chi connectivity index (χ2n) is 6.77. The third-order valence-corrected chi connectivity index (χ3v) is 6.01. The van der Waals surface area contributed by atoms with Gasteiger partial charge < -0.3 is 0 Å². The number of rotatable bonds is 9. The van der Waals surface area contributed by atoms with Gasteiger partial charge in [0.05, 0.1) is 11.5 Å². The molecular formula is C20H22N4O4S2. The predicted molar refractivity (Wildman–Crippen MR) is 118 cm³/mol. The van der Waals surface area contributed by atoms with Crippen LogP contribution in [-0.4, -0.2) is 40.5 Å². The molecule has 30 heavy (non-hydrogen) atoms. The molecule has 0 fully saturated rings. The summed E-state index contributed by atoms with van der Waals surface area (Å²) in [6, 6.07) is 16.0.